The lowest BCUT2D eigenvalue weighted by molar-refractivity contribution is 0.564. The van der Waals surface area contributed by atoms with Gasteiger partial charge in [0.15, 0.2) is 0 Å². The largest absolute Gasteiger partial charge is 0.323 e. The number of aromatic nitrogens is 1. The zero-order valence-electron chi connectivity index (χ0n) is 9.62. The summed E-state index contributed by atoms with van der Waals surface area (Å²) in [7, 11) is 0. The molecule has 2 aromatic rings. The van der Waals surface area contributed by atoms with E-state index in [0.29, 0.717) is 0 Å². The molecular weight excluding hydrogens is 332 g/mol. The van der Waals surface area contributed by atoms with Gasteiger partial charge in [0.05, 0.1) is 10.7 Å². The summed E-state index contributed by atoms with van der Waals surface area (Å²) in [5, 5.41) is 1.71. The van der Waals surface area contributed by atoms with Gasteiger partial charge in [-0.1, -0.05) is 27.5 Å². The Kier molecular flexibility index (Phi) is 3.45. The Morgan fingerprint density at radius 2 is 2.28 bits per heavy atom. The fourth-order valence-electron chi connectivity index (χ4n) is 2.23. The summed E-state index contributed by atoms with van der Waals surface area (Å²) < 4.78 is 1.01. The first kappa shape index (κ1) is 12.6. The fourth-order valence-corrected chi connectivity index (χ4v) is 4.06. The van der Waals surface area contributed by atoms with Crippen molar-refractivity contribution in [2.45, 2.75) is 25.3 Å². The van der Waals surface area contributed by atoms with Gasteiger partial charge in [-0.05, 0) is 37.5 Å². The molecule has 1 aromatic heterocycles. The number of hydrogen-bond donors (Lipinski definition) is 1. The van der Waals surface area contributed by atoms with Gasteiger partial charge >= 0.3 is 0 Å². The molecule has 0 fully saturated rings. The first-order valence-electron chi connectivity index (χ1n) is 5.86. The van der Waals surface area contributed by atoms with Crippen LogP contribution in [0.2, 0.25) is 5.02 Å². The summed E-state index contributed by atoms with van der Waals surface area (Å²) in [4.78, 5) is 6.01. The van der Waals surface area contributed by atoms with Crippen LogP contribution in [0.15, 0.2) is 22.7 Å². The van der Waals surface area contributed by atoms with E-state index in [4.69, 9.17) is 22.3 Å². The van der Waals surface area contributed by atoms with Crippen molar-refractivity contribution in [2.75, 3.05) is 0 Å². The van der Waals surface area contributed by atoms with E-state index in [1.807, 2.05) is 18.2 Å². The molecule has 18 heavy (non-hydrogen) atoms. The summed E-state index contributed by atoms with van der Waals surface area (Å²) in [6.07, 6.45) is 3.27. The molecule has 5 heteroatoms. The standard InChI is InChI=1S/C13H12BrClN2S/c14-7-4-5-9(15)8(6-7)13-17-12-10(16)2-1-3-11(12)18-13/h4-6,10H,1-3,16H2. The molecule has 0 aliphatic heterocycles. The summed E-state index contributed by atoms with van der Waals surface area (Å²) in [6.45, 7) is 0. The van der Waals surface area contributed by atoms with Crippen LogP contribution in [0.3, 0.4) is 0 Å². The molecule has 0 bridgehead atoms. The molecule has 1 heterocycles. The maximum absolute atomic E-state index is 6.25. The number of fused-ring (bicyclic) bond motifs is 1. The molecule has 1 unspecified atom stereocenters. The van der Waals surface area contributed by atoms with Gasteiger partial charge in [-0.25, -0.2) is 4.98 Å². The molecule has 0 spiro atoms. The Hall–Kier alpha value is -0.420. The first-order valence-corrected chi connectivity index (χ1v) is 7.84. The number of halogens is 2. The highest BCUT2D eigenvalue weighted by Gasteiger charge is 2.22. The van der Waals surface area contributed by atoms with Gasteiger partial charge in [-0.2, -0.15) is 0 Å². The lowest BCUT2D eigenvalue weighted by Crippen LogP contribution is -2.16. The van der Waals surface area contributed by atoms with Crippen molar-refractivity contribution >= 4 is 38.9 Å². The topological polar surface area (TPSA) is 38.9 Å². The van der Waals surface area contributed by atoms with Gasteiger partial charge in [-0.15, -0.1) is 11.3 Å². The highest BCUT2D eigenvalue weighted by molar-refractivity contribution is 9.10. The van der Waals surface area contributed by atoms with E-state index in [2.05, 4.69) is 15.9 Å². The van der Waals surface area contributed by atoms with Crippen LogP contribution in [0.4, 0.5) is 0 Å². The minimum Gasteiger partial charge on any atom is -0.323 e. The van der Waals surface area contributed by atoms with Crippen LogP contribution in [0.1, 0.15) is 29.5 Å². The number of rotatable bonds is 1. The monoisotopic (exact) mass is 342 g/mol. The Balaban J connectivity index is 2.10. The smallest absolute Gasteiger partial charge is 0.125 e. The molecule has 0 amide bonds. The number of nitrogens with two attached hydrogens (primary N) is 1. The summed E-state index contributed by atoms with van der Waals surface area (Å²) in [6, 6.07) is 5.93. The second-order valence-electron chi connectivity index (χ2n) is 4.45. The Labute approximate surface area is 123 Å². The van der Waals surface area contributed by atoms with E-state index in [9.17, 15) is 0 Å². The molecular formula is C13H12BrClN2S. The van der Waals surface area contributed by atoms with Crippen molar-refractivity contribution in [3.05, 3.63) is 38.3 Å². The molecule has 2 N–H and O–H groups in total. The van der Waals surface area contributed by atoms with Gasteiger partial charge in [0.1, 0.15) is 5.01 Å². The number of thiazole rings is 1. The predicted octanol–water partition coefficient (Wildman–Crippen LogP) is 4.56. The predicted molar refractivity (Wildman–Crippen MR) is 80.1 cm³/mol. The van der Waals surface area contributed by atoms with Crippen molar-refractivity contribution in [3.8, 4) is 10.6 Å². The quantitative estimate of drug-likeness (QED) is 0.824. The Morgan fingerprint density at radius 1 is 1.44 bits per heavy atom. The summed E-state index contributed by atoms with van der Waals surface area (Å²) in [5.74, 6) is 0. The summed E-state index contributed by atoms with van der Waals surface area (Å²) in [5.41, 5.74) is 8.16. The van der Waals surface area contributed by atoms with Gasteiger partial charge in [-0.3, -0.25) is 0 Å². The molecule has 1 aliphatic rings. The Morgan fingerprint density at radius 3 is 3.06 bits per heavy atom. The van der Waals surface area contributed by atoms with E-state index in [1.165, 1.54) is 4.88 Å². The van der Waals surface area contributed by atoms with Crippen molar-refractivity contribution in [1.29, 1.82) is 0 Å². The van der Waals surface area contributed by atoms with Gasteiger partial charge < -0.3 is 5.73 Å². The average Bonchev–Trinajstić information content (AvgIpc) is 2.77. The van der Waals surface area contributed by atoms with Crippen molar-refractivity contribution in [2.24, 2.45) is 5.73 Å². The number of hydrogen-bond acceptors (Lipinski definition) is 3. The molecule has 1 aliphatic carbocycles. The second kappa shape index (κ2) is 4.93. The third-order valence-electron chi connectivity index (χ3n) is 3.16. The highest BCUT2D eigenvalue weighted by atomic mass is 79.9. The minimum atomic E-state index is 0.0877. The molecule has 0 radical (unpaired) electrons. The SMILES string of the molecule is NC1CCCc2sc(-c3cc(Br)ccc3Cl)nc21. The molecule has 1 atom stereocenters. The highest BCUT2D eigenvalue weighted by Crippen LogP contribution is 2.39. The van der Waals surface area contributed by atoms with Crippen LogP contribution in [0, 0.1) is 0 Å². The van der Waals surface area contributed by atoms with E-state index in [0.717, 1.165) is 45.0 Å². The first-order chi connectivity index (χ1) is 8.65. The van der Waals surface area contributed by atoms with Crippen molar-refractivity contribution < 1.29 is 0 Å². The van der Waals surface area contributed by atoms with Gasteiger partial charge in [0.25, 0.3) is 0 Å². The van der Waals surface area contributed by atoms with Gasteiger partial charge in [0, 0.05) is 21.0 Å². The molecule has 0 saturated heterocycles. The summed E-state index contributed by atoms with van der Waals surface area (Å²) >= 11 is 11.4. The number of benzene rings is 1. The van der Waals surface area contributed by atoms with E-state index >= 15 is 0 Å². The zero-order chi connectivity index (χ0) is 12.7. The van der Waals surface area contributed by atoms with E-state index in [-0.39, 0.29) is 6.04 Å². The van der Waals surface area contributed by atoms with Crippen LogP contribution in [-0.4, -0.2) is 4.98 Å². The molecule has 94 valence electrons. The maximum atomic E-state index is 6.25. The lowest BCUT2D eigenvalue weighted by Gasteiger charge is -2.15. The number of aryl methyl sites for hydroxylation is 1. The molecule has 0 saturated carbocycles. The molecule has 1 aromatic carbocycles. The molecule has 2 nitrogen and oxygen atoms in total. The van der Waals surface area contributed by atoms with Crippen molar-refractivity contribution in [3.63, 3.8) is 0 Å². The maximum Gasteiger partial charge on any atom is 0.125 e. The normalized spacial score (nSPS) is 18.7. The van der Waals surface area contributed by atoms with Crippen LogP contribution >= 0.6 is 38.9 Å². The third-order valence-corrected chi connectivity index (χ3v) is 5.14. The van der Waals surface area contributed by atoms with E-state index in [1.54, 1.807) is 11.3 Å². The van der Waals surface area contributed by atoms with Crippen molar-refractivity contribution in [1.82, 2.24) is 4.98 Å². The van der Waals surface area contributed by atoms with E-state index < -0.39 is 0 Å². The fraction of sp³-hybridized carbons (Fsp3) is 0.308. The van der Waals surface area contributed by atoms with Crippen LogP contribution in [0.5, 0.6) is 0 Å². The minimum absolute atomic E-state index is 0.0877. The zero-order valence-corrected chi connectivity index (χ0v) is 12.8. The lowest BCUT2D eigenvalue weighted by atomic mass is 9.99. The van der Waals surface area contributed by atoms with Crippen LogP contribution < -0.4 is 5.73 Å². The van der Waals surface area contributed by atoms with Crippen LogP contribution in [0.25, 0.3) is 10.6 Å². The Bertz CT molecular complexity index is 597. The third kappa shape index (κ3) is 2.23. The van der Waals surface area contributed by atoms with Crippen LogP contribution in [-0.2, 0) is 6.42 Å². The van der Waals surface area contributed by atoms with Gasteiger partial charge in [0.2, 0.25) is 0 Å². The molecule has 3 rings (SSSR count). The second-order valence-corrected chi connectivity index (χ2v) is 6.86. The number of nitrogens with zero attached hydrogens (tertiary/aromatic N) is 1. The average molecular weight is 344 g/mol.